The fourth-order valence-corrected chi connectivity index (χ4v) is 4.09. The zero-order valence-electron chi connectivity index (χ0n) is 15.6. The average molecular weight is 406 g/mol. The molecular formula is C21H18N4O3S. The molecule has 0 saturated heterocycles. The fourth-order valence-electron chi connectivity index (χ4n) is 3.23. The van der Waals surface area contributed by atoms with E-state index in [-0.39, 0.29) is 12.0 Å². The van der Waals surface area contributed by atoms with Crippen LogP contribution in [0.4, 0.5) is 11.5 Å². The highest BCUT2D eigenvalue weighted by molar-refractivity contribution is 7.99. The van der Waals surface area contributed by atoms with Crippen LogP contribution < -0.4 is 10.4 Å². The summed E-state index contributed by atoms with van der Waals surface area (Å²) >= 11 is 1.54. The lowest BCUT2D eigenvalue weighted by atomic mass is 9.85. The topological polar surface area (TPSA) is 95.4 Å². The third-order valence-electron chi connectivity index (χ3n) is 4.77. The minimum atomic E-state index is -1.75. The standard InChI is InChI=1S/C21H18N4O3S/c1-2-21(20(27)28)18(26)17-9-5-11-23-19(17)25(24-21)14-6-3-7-15(12-14)29-16-8-4-10-22-13-16/h3-13,24H,2H2,1H3,(H,27,28). The van der Waals surface area contributed by atoms with Crippen LogP contribution >= 0.6 is 11.8 Å². The molecule has 3 heterocycles. The normalized spacial score (nSPS) is 18.4. The van der Waals surface area contributed by atoms with E-state index in [4.69, 9.17) is 0 Å². The van der Waals surface area contributed by atoms with Gasteiger partial charge in [-0.2, -0.15) is 0 Å². The van der Waals surface area contributed by atoms with E-state index in [2.05, 4.69) is 15.4 Å². The minimum absolute atomic E-state index is 0.0934. The van der Waals surface area contributed by atoms with Gasteiger partial charge in [-0.15, -0.1) is 0 Å². The molecule has 0 saturated carbocycles. The number of pyridine rings is 2. The van der Waals surface area contributed by atoms with Crippen LogP contribution in [0.3, 0.4) is 0 Å². The zero-order valence-corrected chi connectivity index (χ0v) is 16.4. The predicted molar refractivity (Wildman–Crippen MR) is 109 cm³/mol. The molecular weight excluding hydrogens is 388 g/mol. The van der Waals surface area contributed by atoms with E-state index in [0.29, 0.717) is 11.5 Å². The maximum atomic E-state index is 13.0. The first kappa shape index (κ1) is 19.1. The van der Waals surface area contributed by atoms with Gasteiger partial charge in [0, 0.05) is 28.4 Å². The molecule has 4 rings (SSSR count). The molecule has 8 heteroatoms. The van der Waals surface area contributed by atoms with Crippen molar-refractivity contribution in [3.8, 4) is 0 Å². The molecule has 0 amide bonds. The van der Waals surface area contributed by atoms with Crippen LogP contribution in [0.5, 0.6) is 0 Å². The molecule has 1 atom stereocenters. The summed E-state index contributed by atoms with van der Waals surface area (Å²) in [4.78, 5) is 35.4. The van der Waals surface area contributed by atoms with Crippen molar-refractivity contribution in [2.75, 3.05) is 5.01 Å². The molecule has 0 fully saturated rings. The monoisotopic (exact) mass is 406 g/mol. The predicted octanol–water partition coefficient (Wildman–Crippen LogP) is 3.70. The summed E-state index contributed by atoms with van der Waals surface area (Å²) in [6.07, 6.45) is 5.16. The first-order chi connectivity index (χ1) is 14.0. The maximum absolute atomic E-state index is 13.0. The lowest BCUT2D eigenvalue weighted by Crippen LogP contribution is -2.65. The van der Waals surface area contributed by atoms with Crippen LogP contribution in [0, 0.1) is 0 Å². The number of nitrogens with zero attached hydrogens (tertiary/aromatic N) is 3. The van der Waals surface area contributed by atoms with Crippen molar-refractivity contribution in [1.29, 1.82) is 0 Å². The number of carboxylic acid groups (broad SMARTS) is 1. The summed E-state index contributed by atoms with van der Waals surface area (Å²) < 4.78 is 0. The van der Waals surface area contributed by atoms with Crippen molar-refractivity contribution in [2.45, 2.75) is 28.7 Å². The smallest absolute Gasteiger partial charge is 0.333 e. The highest BCUT2D eigenvalue weighted by atomic mass is 32.2. The van der Waals surface area contributed by atoms with Gasteiger partial charge in [-0.25, -0.2) is 15.2 Å². The Labute approximate surface area is 171 Å². The van der Waals surface area contributed by atoms with Crippen LogP contribution in [0.25, 0.3) is 0 Å². The van der Waals surface area contributed by atoms with Gasteiger partial charge in [0.25, 0.3) is 0 Å². The molecule has 1 unspecified atom stereocenters. The van der Waals surface area contributed by atoms with E-state index in [0.717, 1.165) is 9.79 Å². The van der Waals surface area contributed by atoms with Gasteiger partial charge in [0.05, 0.1) is 11.3 Å². The van der Waals surface area contributed by atoms with Gasteiger partial charge in [-0.1, -0.05) is 24.8 Å². The number of fused-ring (bicyclic) bond motifs is 1. The van der Waals surface area contributed by atoms with E-state index >= 15 is 0 Å². The minimum Gasteiger partial charge on any atom is -0.479 e. The SMILES string of the molecule is CCC1(C(=O)O)NN(c2cccc(Sc3cccnc3)c2)c2ncccc2C1=O. The van der Waals surface area contributed by atoms with E-state index in [9.17, 15) is 14.7 Å². The van der Waals surface area contributed by atoms with Crippen LogP contribution in [0.15, 0.2) is 76.9 Å². The maximum Gasteiger partial charge on any atom is 0.333 e. The van der Waals surface area contributed by atoms with Crippen molar-refractivity contribution < 1.29 is 14.7 Å². The molecule has 1 aromatic carbocycles. The number of benzene rings is 1. The van der Waals surface area contributed by atoms with Gasteiger partial charge in [-0.3, -0.25) is 14.8 Å². The first-order valence-electron chi connectivity index (χ1n) is 9.04. The van der Waals surface area contributed by atoms with Crippen molar-refractivity contribution in [3.05, 3.63) is 72.7 Å². The van der Waals surface area contributed by atoms with Crippen LogP contribution in [-0.4, -0.2) is 32.4 Å². The Morgan fingerprint density at radius 3 is 2.69 bits per heavy atom. The molecule has 1 aliphatic rings. The third-order valence-corrected chi connectivity index (χ3v) is 5.74. The highest BCUT2D eigenvalue weighted by Crippen LogP contribution is 2.37. The van der Waals surface area contributed by atoms with E-state index in [1.807, 2.05) is 36.4 Å². The molecule has 146 valence electrons. The van der Waals surface area contributed by atoms with E-state index in [1.54, 1.807) is 42.7 Å². The number of Topliss-reactive ketones (excluding diaryl/α,β-unsaturated/α-hetero) is 1. The lowest BCUT2D eigenvalue weighted by molar-refractivity contribution is -0.142. The Kier molecular flexibility index (Phi) is 5.04. The molecule has 0 bridgehead atoms. The molecule has 1 aliphatic heterocycles. The summed E-state index contributed by atoms with van der Waals surface area (Å²) in [7, 11) is 0. The van der Waals surface area contributed by atoms with Gasteiger partial charge < -0.3 is 5.11 Å². The summed E-state index contributed by atoms with van der Waals surface area (Å²) in [6, 6.07) is 14.7. The summed E-state index contributed by atoms with van der Waals surface area (Å²) in [5.74, 6) is -1.33. The lowest BCUT2D eigenvalue weighted by Gasteiger charge is -2.40. The number of nitrogens with one attached hydrogen (secondary N) is 1. The highest BCUT2D eigenvalue weighted by Gasteiger charge is 2.51. The number of anilines is 2. The molecule has 29 heavy (non-hydrogen) atoms. The summed E-state index contributed by atoms with van der Waals surface area (Å²) in [6.45, 7) is 1.67. The number of carbonyl (C=O) groups is 2. The Bertz CT molecular complexity index is 1080. The number of carboxylic acids is 1. The van der Waals surface area contributed by atoms with Gasteiger partial charge >= 0.3 is 5.97 Å². The van der Waals surface area contributed by atoms with Gasteiger partial charge in [-0.05, 0) is 48.9 Å². The Balaban J connectivity index is 1.78. The van der Waals surface area contributed by atoms with Crippen molar-refractivity contribution >= 4 is 35.0 Å². The van der Waals surface area contributed by atoms with E-state index < -0.39 is 17.3 Å². The Morgan fingerprint density at radius 2 is 1.97 bits per heavy atom. The van der Waals surface area contributed by atoms with Crippen LogP contribution in [0.1, 0.15) is 23.7 Å². The molecule has 0 spiro atoms. The number of aliphatic carboxylic acids is 1. The largest absolute Gasteiger partial charge is 0.479 e. The van der Waals surface area contributed by atoms with Gasteiger partial charge in [0.1, 0.15) is 0 Å². The molecule has 2 N–H and O–H groups in total. The second kappa shape index (κ2) is 7.65. The third kappa shape index (κ3) is 3.37. The number of aromatic nitrogens is 2. The summed E-state index contributed by atoms with van der Waals surface area (Å²) in [5.41, 5.74) is 2.15. The quantitative estimate of drug-likeness (QED) is 0.620. The molecule has 0 aliphatic carbocycles. The van der Waals surface area contributed by atoms with Crippen molar-refractivity contribution in [3.63, 3.8) is 0 Å². The van der Waals surface area contributed by atoms with Crippen molar-refractivity contribution in [1.82, 2.24) is 15.4 Å². The summed E-state index contributed by atoms with van der Waals surface area (Å²) in [5, 5.41) is 11.4. The molecule has 3 aromatic rings. The number of ketones is 1. The average Bonchev–Trinajstić information content (AvgIpc) is 2.75. The van der Waals surface area contributed by atoms with Gasteiger partial charge in [0.2, 0.25) is 0 Å². The molecule has 7 nitrogen and oxygen atoms in total. The fraction of sp³-hybridized carbons (Fsp3) is 0.143. The Morgan fingerprint density at radius 1 is 1.17 bits per heavy atom. The van der Waals surface area contributed by atoms with Crippen LogP contribution in [-0.2, 0) is 4.79 Å². The number of rotatable bonds is 5. The first-order valence-corrected chi connectivity index (χ1v) is 9.86. The molecule has 2 aromatic heterocycles. The van der Waals surface area contributed by atoms with E-state index in [1.165, 1.54) is 11.8 Å². The number of carbonyl (C=O) groups excluding carboxylic acids is 1. The number of hydrogen-bond acceptors (Lipinski definition) is 7. The van der Waals surface area contributed by atoms with Crippen LogP contribution in [0.2, 0.25) is 0 Å². The molecule has 0 radical (unpaired) electrons. The zero-order chi connectivity index (χ0) is 20.4. The number of hydrogen-bond donors (Lipinski definition) is 2. The van der Waals surface area contributed by atoms with Gasteiger partial charge in [0.15, 0.2) is 17.1 Å². The van der Waals surface area contributed by atoms with Crippen molar-refractivity contribution in [2.24, 2.45) is 0 Å². The second-order valence-electron chi connectivity index (χ2n) is 6.50. The Hall–Kier alpha value is -3.23. The number of hydrazine groups is 1. The second-order valence-corrected chi connectivity index (χ2v) is 7.65.